The second kappa shape index (κ2) is 6.44. The molecule has 1 aliphatic heterocycles. The van der Waals surface area contributed by atoms with Crippen LogP contribution in [0.3, 0.4) is 0 Å². The van der Waals surface area contributed by atoms with Crippen LogP contribution in [0.15, 0.2) is 23.1 Å². The molecular formula is C14H20N2O4S. The van der Waals surface area contributed by atoms with Crippen LogP contribution in [-0.2, 0) is 21.2 Å². The lowest BCUT2D eigenvalue weighted by atomic mass is 10.1. The van der Waals surface area contributed by atoms with Crippen molar-refractivity contribution >= 4 is 15.9 Å². The number of primary sulfonamides is 1. The summed E-state index contributed by atoms with van der Waals surface area (Å²) in [6, 6.07) is 4.32. The number of carbonyl (C=O) groups excluding carboxylic acids is 1. The minimum Gasteiger partial charge on any atom is -0.496 e. The first-order chi connectivity index (χ1) is 9.91. The van der Waals surface area contributed by atoms with Crippen molar-refractivity contribution in [3.05, 3.63) is 23.8 Å². The van der Waals surface area contributed by atoms with Gasteiger partial charge in [0.15, 0.2) is 0 Å². The maximum absolute atomic E-state index is 12.3. The largest absolute Gasteiger partial charge is 0.496 e. The molecule has 2 rings (SSSR count). The van der Waals surface area contributed by atoms with Crippen LogP contribution in [0.5, 0.6) is 5.75 Å². The number of benzene rings is 1. The maximum Gasteiger partial charge on any atom is 0.238 e. The average molecular weight is 312 g/mol. The Bertz CT molecular complexity index is 622. The van der Waals surface area contributed by atoms with E-state index in [-0.39, 0.29) is 17.2 Å². The Morgan fingerprint density at radius 3 is 2.52 bits per heavy atom. The first-order valence-electron chi connectivity index (χ1n) is 6.89. The quantitative estimate of drug-likeness (QED) is 0.894. The molecule has 0 spiro atoms. The molecule has 1 fully saturated rings. The number of nitrogens with zero attached hydrogens (tertiary/aromatic N) is 1. The first kappa shape index (κ1) is 15.8. The zero-order chi connectivity index (χ0) is 15.5. The lowest BCUT2D eigenvalue weighted by Crippen LogP contribution is -2.36. The van der Waals surface area contributed by atoms with E-state index >= 15 is 0 Å². The van der Waals surface area contributed by atoms with E-state index in [2.05, 4.69) is 0 Å². The summed E-state index contributed by atoms with van der Waals surface area (Å²) in [6.45, 7) is 1.52. The molecule has 0 atom stereocenters. The van der Waals surface area contributed by atoms with Crippen LogP contribution >= 0.6 is 0 Å². The maximum atomic E-state index is 12.3. The Balaban J connectivity index is 2.22. The van der Waals surface area contributed by atoms with Gasteiger partial charge in [0.1, 0.15) is 5.75 Å². The van der Waals surface area contributed by atoms with Gasteiger partial charge in [0.05, 0.1) is 18.4 Å². The van der Waals surface area contributed by atoms with E-state index in [9.17, 15) is 13.2 Å². The Morgan fingerprint density at radius 2 is 1.95 bits per heavy atom. The topological polar surface area (TPSA) is 89.7 Å². The Labute approximate surface area is 124 Å². The van der Waals surface area contributed by atoms with Gasteiger partial charge in [-0.3, -0.25) is 4.79 Å². The minimum absolute atomic E-state index is 0.00950. The van der Waals surface area contributed by atoms with Crippen LogP contribution in [0.4, 0.5) is 0 Å². The van der Waals surface area contributed by atoms with Gasteiger partial charge in [0.2, 0.25) is 15.9 Å². The summed E-state index contributed by atoms with van der Waals surface area (Å²) < 4.78 is 28.0. The molecule has 1 aromatic rings. The molecule has 0 aliphatic carbocycles. The van der Waals surface area contributed by atoms with Gasteiger partial charge in [0.25, 0.3) is 0 Å². The number of methoxy groups -OCH3 is 1. The minimum atomic E-state index is -3.79. The van der Waals surface area contributed by atoms with Crippen LogP contribution in [0.25, 0.3) is 0 Å². The number of piperidine rings is 1. The van der Waals surface area contributed by atoms with Gasteiger partial charge in [-0.25, -0.2) is 13.6 Å². The number of likely N-dealkylation sites (tertiary alicyclic amines) is 1. The molecule has 1 aliphatic rings. The van der Waals surface area contributed by atoms with E-state index < -0.39 is 10.0 Å². The fourth-order valence-corrected chi connectivity index (χ4v) is 3.05. The molecule has 0 aromatic heterocycles. The first-order valence-corrected chi connectivity index (χ1v) is 8.44. The summed E-state index contributed by atoms with van der Waals surface area (Å²) in [6.07, 6.45) is 3.29. The summed E-state index contributed by atoms with van der Waals surface area (Å²) in [4.78, 5) is 14.1. The molecule has 0 radical (unpaired) electrons. The molecule has 1 amide bonds. The molecule has 1 aromatic carbocycles. The number of hydrogen-bond acceptors (Lipinski definition) is 4. The lowest BCUT2D eigenvalue weighted by Gasteiger charge is -2.27. The summed E-state index contributed by atoms with van der Waals surface area (Å²) in [7, 11) is -2.30. The Hall–Kier alpha value is -1.60. The van der Waals surface area contributed by atoms with Gasteiger partial charge in [-0.15, -0.1) is 0 Å². The molecule has 0 bridgehead atoms. The van der Waals surface area contributed by atoms with Crippen molar-refractivity contribution < 1.29 is 17.9 Å². The summed E-state index contributed by atoms with van der Waals surface area (Å²) in [5.74, 6) is 0.479. The molecule has 0 unspecified atom stereocenters. The predicted molar refractivity (Wildman–Crippen MR) is 78.5 cm³/mol. The van der Waals surface area contributed by atoms with Crippen LogP contribution in [0.2, 0.25) is 0 Å². The second-order valence-electron chi connectivity index (χ2n) is 5.14. The van der Waals surface area contributed by atoms with Crippen molar-refractivity contribution in [2.45, 2.75) is 30.6 Å². The highest BCUT2D eigenvalue weighted by atomic mass is 32.2. The van der Waals surface area contributed by atoms with Gasteiger partial charge < -0.3 is 9.64 Å². The third kappa shape index (κ3) is 3.95. The lowest BCUT2D eigenvalue weighted by molar-refractivity contribution is -0.131. The van der Waals surface area contributed by atoms with Crippen molar-refractivity contribution in [3.63, 3.8) is 0 Å². The molecule has 6 nitrogen and oxygen atoms in total. The molecule has 1 heterocycles. The third-order valence-corrected chi connectivity index (χ3v) is 4.54. The van der Waals surface area contributed by atoms with Crippen molar-refractivity contribution in [3.8, 4) is 5.75 Å². The number of nitrogens with two attached hydrogens (primary N) is 1. The normalized spacial score (nSPS) is 15.8. The van der Waals surface area contributed by atoms with Crippen LogP contribution < -0.4 is 9.88 Å². The van der Waals surface area contributed by atoms with E-state index in [1.165, 1.54) is 25.3 Å². The van der Waals surface area contributed by atoms with Crippen LogP contribution in [-0.4, -0.2) is 39.4 Å². The van der Waals surface area contributed by atoms with Gasteiger partial charge >= 0.3 is 0 Å². The number of ether oxygens (including phenoxy) is 1. The fourth-order valence-electron chi connectivity index (χ4n) is 2.49. The molecule has 1 saturated heterocycles. The smallest absolute Gasteiger partial charge is 0.238 e. The second-order valence-corrected chi connectivity index (χ2v) is 6.70. The van der Waals surface area contributed by atoms with E-state index in [0.717, 1.165) is 32.4 Å². The van der Waals surface area contributed by atoms with Crippen molar-refractivity contribution in [1.82, 2.24) is 4.90 Å². The Kier molecular flexibility index (Phi) is 4.84. The number of rotatable bonds is 4. The summed E-state index contributed by atoms with van der Waals surface area (Å²) >= 11 is 0. The van der Waals surface area contributed by atoms with E-state index in [1.54, 1.807) is 0 Å². The number of hydrogen-bond donors (Lipinski definition) is 1. The molecule has 2 N–H and O–H groups in total. The number of sulfonamides is 1. The van der Waals surface area contributed by atoms with Crippen molar-refractivity contribution in [2.24, 2.45) is 5.14 Å². The highest BCUT2D eigenvalue weighted by Crippen LogP contribution is 2.23. The summed E-state index contributed by atoms with van der Waals surface area (Å²) in [5, 5.41) is 5.13. The zero-order valence-corrected chi connectivity index (χ0v) is 12.9. The van der Waals surface area contributed by atoms with Crippen LogP contribution in [0.1, 0.15) is 24.8 Å². The standard InChI is InChI=1S/C14H20N2O4S/c1-20-13-6-5-12(21(15,18)19)9-11(13)10-14(17)16-7-3-2-4-8-16/h5-6,9H,2-4,7-8,10H2,1H3,(H2,15,18,19). The molecule has 7 heteroatoms. The van der Waals surface area contributed by atoms with Gasteiger partial charge in [0, 0.05) is 18.7 Å². The molecule has 21 heavy (non-hydrogen) atoms. The SMILES string of the molecule is COc1ccc(S(N)(=O)=O)cc1CC(=O)N1CCCCC1. The summed E-state index contributed by atoms with van der Waals surface area (Å²) in [5.41, 5.74) is 0.541. The fraction of sp³-hybridized carbons (Fsp3) is 0.500. The number of carbonyl (C=O) groups is 1. The van der Waals surface area contributed by atoms with Gasteiger partial charge in [-0.05, 0) is 37.5 Å². The Morgan fingerprint density at radius 1 is 1.29 bits per heavy atom. The van der Waals surface area contributed by atoms with E-state index in [1.807, 2.05) is 4.90 Å². The molecule has 0 saturated carbocycles. The average Bonchev–Trinajstić information content (AvgIpc) is 2.47. The van der Waals surface area contributed by atoms with Crippen LogP contribution in [0, 0.1) is 0 Å². The van der Waals surface area contributed by atoms with E-state index in [4.69, 9.17) is 9.88 Å². The number of amides is 1. The monoisotopic (exact) mass is 312 g/mol. The van der Waals surface area contributed by atoms with E-state index in [0.29, 0.717) is 11.3 Å². The van der Waals surface area contributed by atoms with Crippen molar-refractivity contribution in [2.75, 3.05) is 20.2 Å². The predicted octanol–water partition coefficient (Wildman–Crippen LogP) is 0.898. The molecule has 116 valence electrons. The highest BCUT2D eigenvalue weighted by molar-refractivity contribution is 7.89. The van der Waals surface area contributed by atoms with Gasteiger partial charge in [-0.2, -0.15) is 0 Å². The highest BCUT2D eigenvalue weighted by Gasteiger charge is 2.19. The van der Waals surface area contributed by atoms with Crippen molar-refractivity contribution in [1.29, 1.82) is 0 Å². The van der Waals surface area contributed by atoms with Gasteiger partial charge in [-0.1, -0.05) is 0 Å². The third-order valence-electron chi connectivity index (χ3n) is 3.63. The zero-order valence-electron chi connectivity index (χ0n) is 12.0. The molecular weight excluding hydrogens is 292 g/mol.